The van der Waals surface area contributed by atoms with Gasteiger partial charge in [0.15, 0.2) is 6.04 Å². The number of morpholine rings is 1. The number of sulfonamides is 1. The predicted molar refractivity (Wildman–Crippen MR) is 110 cm³/mol. The van der Waals surface area contributed by atoms with E-state index in [-0.39, 0.29) is 18.0 Å². The Labute approximate surface area is 175 Å². The highest BCUT2D eigenvalue weighted by molar-refractivity contribution is 7.89. The molecule has 1 fully saturated rings. The highest BCUT2D eigenvalue weighted by Gasteiger charge is 2.35. The van der Waals surface area contributed by atoms with E-state index in [1.54, 1.807) is 30.5 Å². The maximum Gasteiger partial charge on any atom is 0.250 e. The van der Waals surface area contributed by atoms with Crippen LogP contribution in [0.1, 0.15) is 12.5 Å². The first-order chi connectivity index (χ1) is 14.3. The number of nitrogens with two attached hydrogens (primary N) is 1. The van der Waals surface area contributed by atoms with Crippen molar-refractivity contribution < 1.29 is 22.7 Å². The van der Waals surface area contributed by atoms with Crippen LogP contribution in [0.5, 0.6) is 0 Å². The molecule has 0 unspecified atom stereocenters. The topological polar surface area (TPSA) is 132 Å². The van der Waals surface area contributed by atoms with Crippen molar-refractivity contribution >= 4 is 21.8 Å². The minimum Gasteiger partial charge on any atom is -0.378 e. The van der Waals surface area contributed by atoms with E-state index < -0.39 is 27.9 Å². The highest BCUT2D eigenvalue weighted by atomic mass is 32.2. The monoisotopic (exact) mass is 432 g/mol. The molecule has 1 aliphatic rings. The molecule has 1 aliphatic heterocycles. The van der Waals surface area contributed by atoms with E-state index in [2.05, 4.69) is 9.71 Å². The number of benzene rings is 1. The molecule has 9 nitrogen and oxygen atoms in total. The normalized spacial score (nSPS) is 15.6. The van der Waals surface area contributed by atoms with E-state index in [1.807, 2.05) is 13.0 Å². The van der Waals surface area contributed by atoms with Gasteiger partial charge in [-0.05, 0) is 30.2 Å². The number of primary amides is 1. The van der Waals surface area contributed by atoms with Crippen molar-refractivity contribution in [1.29, 1.82) is 0 Å². The standard InChI is InChI=1S/C20H24N4O5S/c1-2-14-15(16-7-3-4-9-22-16)6-5-8-17(14)30(27,28)23-18(19(21)25)20(26)24-10-12-29-13-11-24/h3-9,18,23H,2,10-13H2,1H3,(H2,21,25)/t18-/m0/s1. The molecule has 10 heteroatoms. The fourth-order valence-electron chi connectivity index (χ4n) is 3.36. The molecule has 1 aromatic carbocycles. The van der Waals surface area contributed by atoms with Crippen LogP contribution >= 0.6 is 0 Å². The molecule has 2 aromatic rings. The molecule has 0 aliphatic carbocycles. The number of aromatic nitrogens is 1. The Balaban J connectivity index is 1.96. The van der Waals surface area contributed by atoms with Gasteiger partial charge >= 0.3 is 0 Å². The van der Waals surface area contributed by atoms with Crippen molar-refractivity contribution in [3.63, 3.8) is 0 Å². The lowest BCUT2D eigenvalue weighted by molar-refractivity contribution is -0.140. The van der Waals surface area contributed by atoms with Gasteiger partial charge in [-0.15, -0.1) is 0 Å². The molecule has 0 bridgehead atoms. The molecule has 30 heavy (non-hydrogen) atoms. The first-order valence-electron chi connectivity index (χ1n) is 9.56. The summed E-state index contributed by atoms with van der Waals surface area (Å²) in [7, 11) is -4.22. The first-order valence-corrected chi connectivity index (χ1v) is 11.0. The molecular formula is C20H24N4O5S. The number of carbonyl (C=O) groups is 2. The Morgan fingerprint density at radius 2 is 1.93 bits per heavy atom. The summed E-state index contributed by atoms with van der Waals surface area (Å²) in [5.74, 6) is -1.75. The summed E-state index contributed by atoms with van der Waals surface area (Å²) in [6.07, 6.45) is 2.03. The molecule has 0 spiro atoms. The molecule has 1 aromatic heterocycles. The Hall–Kier alpha value is -2.82. The summed E-state index contributed by atoms with van der Waals surface area (Å²) < 4.78 is 33.7. The maximum absolute atomic E-state index is 13.2. The van der Waals surface area contributed by atoms with Crippen LogP contribution in [-0.2, 0) is 30.8 Å². The smallest absolute Gasteiger partial charge is 0.250 e. The number of amides is 2. The van der Waals surface area contributed by atoms with E-state index in [0.29, 0.717) is 36.5 Å². The molecule has 0 radical (unpaired) electrons. The lowest BCUT2D eigenvalue weighted by atomic mass is 10.0. The van der Waals surface area contributed by atoms with Gasteiger partial charge in [0.1, 0.15) is 0 Å². The summed E-state index contributed by atoms with van der Waals surface area (Å²) in [6, 6.07) is 8.48. The van der Waals surface area contributed by atoms with Crippen molar-refractivity contribution in [1.82, 2.24) is 14.6 Å². The van der Waals surface area contributed by atoms with Gasteiger partial charge in [0.2, 0.25) is 15.9 Å². The third-order valence-corrected chi connectivity index (χ3v) is 6.35. The van der Waals surface area contributed by atoms with Crippen LogP contribution in [0.2, 0.25) is 0 Å². The average Bonchev–Trinajstić information content (AvgIpc) is 2.77. The third-order valence-electron chi connectivity index (χ3n) is 4.84. The lowest BCUT2D eigenvalue weighted by Crippen LogP contribution is -2.56. The second kappa shape index (κ2) is 9.33. The SMILES string of the molecule is CCc1c(-c2ccccn2)cccc1S(=O)(=O)N[C@@H](C(N)=O)C(=O)N1CCOCC1. The molecule has 0 saturated carbocycles. The lowest BCUT2D eigenvalue weighted by Gasteiger charge is -2.29. The number of ether oxygens (including phenoxy) is 1. The van der Waals surface area contributed by atoms with Crippen molar-refractivity contribution in [2.75, 3.05) is 26.3 Å². The summed E-state index contributed by atoms with van der Waals surface area (Å²) in [5, 5.41) is 0. The highest BCUT2D eigenvalue weighted by Crippen LogP contribution is 2.28. The molecule has 1 atom stereocenters. The molecule has 2 heterocycles. The molecule has 3 rings (SSSR count). The fraction of sp³-hybridized carbons (Fsp3) is 0.350. The second-order valence-electron chi connectivity index (χ2n) is 6.75. The van der Waals surface area contributed by atoms with Crippen LogP contribution in [0.25, 0.3) is 11.3 Å². The maximum atomic E-state index is 13.2. The minimum absolute atomic E-state index is 0.0193. The zero-order chi connectivity index (χ0) is 21.7. The third kappa shape index (κ3) is 4.66. The Morgan fingerprint density at radius 1 is 1.20 bits per heavy atom. The van der Waals surface area contributed by atoms with E-state index >= 15 is 0 Å². The second-order valence-corrected chi connectivity index (χ2v) is 8.43. The largest absolute Gasteiger partial charge is 0.378 e. The van der Waals surface area contributed by atoms with Crippen LogP contribution in [-0.4, -0.2) is 62.5 Å². The Morgan fingerprint density at radius 3 is 2.53 bits per heavy atom. The van der Waals surface area contributed by atoms with Crippen molar-refractivity contribution in [3.05, 3.63) is 48.2 Å². The quantitative estimate of drug-likeness (QED) is 0.605. The Kier molecular flexibility index (Phi) is 6.80. The molecule has 160 valence electrons. The van der Waals surface area contributed by atoms with E-state index in [4.69, 9.17) is 10.5 Å². The van der Waals surface area contributed by atoms with Crippen molar-refractivity contribution in [2.45, 2.75) is 24.3 Å². The molecule has 1 saturated heterocycles. The summed E-state index contributed by atoms with van der Waals surface area (Å²) >= 11 is 0. The van der Waals surface area contributed by atoms with Gasteiger partial charge in [-0.1, -0.05) is 25.1 Å². The van der Waals surface area contributed by atoms with Gasteiger partial charge < -0.3 is 15.4 Å². The Bertz CT molecular complexity index is 1020. The number of hydrogen-bond acceptors (Lipinski definition) is 6. The van der Waals surface area contributed by atoms with Gasteiger partial charge in [0, 0.05) is 24.8 Å². The average molecular weight is 433 g/mol. The van der Waals surface area contributed by atoms with Crippen LogP contribution < -0.4 is 10.5 Å². The van der Waals surface area contributed by atoms with Crippen LogP contribution in [0.3, 0.4) is 0 Å². The number of hydrogen-bond donors (Lipinski definition) is 2. The number of carbonyl (C=O) groups excluding carboxylic acids is 2. The zero-order valence-electron chi connectivity index (χ0n) is 16.6. The van der Waals surface area contributed by atoms with Gasteiger partial charge in [-0.2, -0.15) is 4.72 Å². The van der Waals surface area contributed by atoms with E-state index in [9.17, 15) is 18.0 Å². The number of pyridine rings is 1. The van der Waals surface area contributed by atoms with Gasteiger partial charge in [-0.25, -0.2) is 8.42 Å². The summed E-state index contributed by atoms with van der Waals surface area (Å²) in [5.41, 5.74) is 7.19. The van der Waals surface area contributed by atoms with Gasteiger partial charge in [0.05, 0.1) is 23.8 Å². The molecular weight excluding hydrogens is 408 g/mol. The first kappa shape index (κ1) is 21.9. The molecule has 3 N–H and O–H groups in total. The summed E-state index contributed by atoms with van der Waals surface area (Å²) in [6.45, 7) is 2.98. The zero-order valence-corrected chi connectivity index (χ0v) is 17.4. The number of rotatable bonds is 7. The van der Waals surface area contributed by atoms with E-state index in [0.717, 1.165) is 0 Å². The predicted octanol–water partition coefficient (Wildman–Crippen LogP) is 0.302. The van der Waals surface area contributed by atoms with Crippen LogP contribution in [0.4, 0.5) is 0 Å². The molecule has 2 amide bonds. The number of nitrogens with one attached hydrogen (secondary N) is 1. The fourth-order valence-corrected chi connectivity index (χ4v) is 4.85. The summed E-state index contributed by atoms with van der Waals surface area (Å²) in [4.78, 5) is 30.3. The van der Waals surface area contributed by atoms with Crippen molar-refractivity contribution in [2.24, 2.45) is 5.73 Å². The minimum atomic E-state index is -4.22. The van der Waals surface area contributed by atoms with Crippen molar-refractivity contribution in [3.8, 4) is 11.3 Å². The van der Waals surface area contributed by atoms with Gasteiger partial charge in [0.25, 0.3) is 5.91 Å². The van der Waals surface area contributed by atoms with E-state index in [1.165, 1.54) is 11.0 Å². The van der Waals surface area contributed by atoms with Gasteiger partial charge in [-0.3, -0.25) is 14.6 Å². The van der Waals surface area contributed by atoms with Crippen LogP contribution in [0, 0.1) is 0 Å². The van der Waals surface area contributed by atoms with Crippen LogP contribution in [0.15, 0.2) is 47.5 Å². The number of nitrogens with zero attached hydrogens (tertiary/aromatic N) is 2.